The fraction of sp³-hybridized carbons (Fsp3) is 0.273. The molecule has 0 aliphatic carbocycles. The fourth-order valence-electron chi connectivity index (χ4n) is 3.82. The Hall–Kier alpha value is -3.87. The van der Waals surface area contributed by atoms with Crippen LogP contribution in [0.5, 0.6) is 0 Å². The number of aliphatic hydroxyl groups is 1. The van der Waals surface area contributed by atoms with Crippen LogP contribution in [0.1, 0.15) is 23.3 Å². The molecule has 8 nitrogen and oxygen atoms in total. The first-order valence-corrected chi connectivity index (χ1v) is 10.4. The van der Waals surface area contributed by atoms with Gasteiger partial charge in [0.15, 0.2) is 17.1 Å². The van der Waals surface area contributed by atoms with E-state index in [1.807, 2.05) is 0 Å². The van der Waals surface area contributed by atoms with Crippen LogP contribution < -0.4 is 16.0 Å². The average molecular weight is 494 g/mol. The molecule has 13 heteroatoms. The standard InChI is InChI=1S/C22H19F5N6O2/c23-12-3-1-4-13(24)17(12)19-30-9-14(28)18(32-19)20(34)31-15-10-29-7-5-16(15)33-8-2-6-21(35,11-33)22(25,26)27/h1,3-5,7,9-10,35H,2,6,8,11,28H2,(H,31,34). The highest BCUT2D eigenvalue weighted by atomic mass is 19.4. The zero-order valence-corrected chi connectivity index (χ0v) is 18.0. The lowest BCUT2D eigenvalue weighted by Crippen LogP contribution is -2.57. The zero-order valence-electron chi connectivity index (χ0n) is 18.0. The van der Waals surface area contributed by atoms with Crippen molar-refractivity contribution in [3.63, 3.8) is 0 Å². The molecule has 1 unspecified atom stereocenters. The number of amides is 1. The van der Waals surface area contributed by atoms with Crippen molar-refractivity contribution < 1.29 is 31.9 Å². The molecule has 1 atom stereocenters. The van der Waals surface area contributed by atoms with Gasteiger partial charge in [-0.2, -0.15) is 13.2 Å². The molecule has 0 saturated carbocycles. The van der Waals surface area contributed by atoms with Crippen LogP contribution in [-0.2, 0) is 0 Å². The molecule has 2 aromatic heterocycles. The molecule has 0 bridgehead atoms. The van der Waals surface area contributed by atoms with E-state index in [4.69, 9.17) is 5.73 Å². The van der Waals surface area contributed by atoms with Gasteiger partial charge in [0, 0.05) is 12.7 Å². The first kappa shape index (κ1) is 24.3. The summed E-state index contributed by atoms with van der Waals surface area (Å²) in [5.41, 5.74) is 1.95. The number of anilines is 3. The number of halogens is 5. The molecule has 184 valence electrons. The Bertz CT molecular complexity index is 1250. The molecule has 3 heterocycles. The summed E-state index contributed by atoms with van der Waals surface area (Å²) in [6.45, 7) is -0.548. The van der Waals surface area contributed by atoms with E-state index in [2.05, 4.69) is 20.3 Å². The fourth-order valence-corrected chi connectivity index (χ4v) is 3.82. The molecule has 1 aliphatic heterocycles. The molecule has 0 spiro atoms. The number of benzene rings is 1. The average Bonchev–Trinajstić information content (AvgIpc) is 2.79. The minimum atomic E-state index is -4.84. The van der Waals surface area contributed by atoms with Crippen LogP contribution in [-0.4, -0.2) is 50.8 Å². The van der Waals surface area contributed by atoms with Gasteiger partial charge in [-0.05, 0) is 31.0 Å². The van der Waals surface area contributed by atoms with Crippen molar-refractivity contribution in [1.82, 2.24) is 15.0 Å². The first-order chi connectivity index (χ1) is 16.5. The number of β-amino-alcohol motifs (C(OH)–C–C–N with tert-alkyl or cyclic N) is 1. The second-order valence-corrected chi connectivity index (χ2v) is 8.00. The molecule has 1 aliphatic rings. The molecule has 1 aromatic carbocycles. The summed E-state index contributed by atoms with van der Waals surface area (Å²) in [4.78, 5) is 25.9. The number of nitrogen functional groups attached to an aromatic ring is 1. The monoisotopic (exact) mass is 494 g/mol. The number of pyridine rings is 1. The lowest BCUT2D eigenvalue weighted by Gasteiger charge is -2.41. The van der Waals surface area contributed by atoms with E-state index in [0.717, 1.165) is 24.4 Å². The van der Waals surface area contributed by atoms with E-state index in [1.165, 1.54) is 23.4 Å². The van der Waals surface area contributed by atoms with Crippen LogP contribution in [0, 0.1) is 11.6 Å². The van der Waals surface area contributed by atoms with Gasteiger partial charge in [0.1, 0.15) is 11.6 Å². The summed E-state index contributed by atoms with van der Waals surface area (Å²) in [5.74, 6) is -3.21. The number of rotatable bonds is 4. The van der Waals surface area contributed by atoms with E-state index in [-0.39, 0.29) is 30.0 Å². The second kappa shape index (κ2) is 9.06. The first-order valence-electron chi connectivity index (χ1n) is 10.4. The molecule has 3 aromatic rings. The Kier molecular flexibility index (Phi) is 6.28. The predicted octanol–water partition coefficient (Wildman–Crippen LogP) is 3.54. The smallest absolute Gasteiger partial charge is 0.396 e. The number of nitrogens with zero attached hydrogens (tertiary/aromatic N) is 4. The highest BCUT2D eigenvalue weighted by Crippen LogP contribution is 2.40. The summed E-state index contributed by atoms with van der Waals surface area (Å²) in [6, 6.07) is 4.55. The number of alkyl halides is 3. The number of nitrogens with two attached hydrogens (primary N) is 1. The number of hydrogen-bond donors (Lipinski definition) is 3. The van der Waals surface area contributed by atoms with Crippen molar-refractivity contribution in [1.29, 1.82) is 0 Å². The maximum Gasteiger partial charge on any atom is 0.418 e. The van der Waals surface area contributed by atoms with Gasteiger partial charge in [-0.1, -0.05) is 6.07 Å². The van der Waals surface area contributed by atoms with E-state index in [9.17, 15) is 31.9 Å². The highest BCUT2D eigenvalue weighted by Gasteiger charge is 2.55. The van der Waals surface area contributed by atoms with Gasteiger partial charge in [-0.3, -0.25) is 9.78 Å². The molecular weight excluding hydrogens is 475 g/mol. The molecule has 4 N–H and O–H groups in total. The third-order valence-corrected chi connectivity index (χ3v) is 5.60. The van der Waals surface area contributed by atoms with Gasteiger partial charge in [0.05, 0.1) is 41.6 Å². The van der Waals surface area contributed by atoms with Crippen molar-refractivity contribution in [2.45, 2.75) is 24.6 Å². The van der Waals surface area contributed by atoms with Gasteiger partial charge >= 0.3 is 6.18 Å². The van der Waals surface area contributed by atoms with Crippen LogP contribution in [0.25, 0.3) is 11.4 Å². The Labute approximate surface area is 195 Å². The van der Waals surface area contributed by atoms with Gasteiger partial charge < -0.3 is 21.1 Å². The summed E-state index contributed by atoms with van der Waals surface area (Å²) in [6.07, 6.45) is -1.68. The number of nitrogens with one attached hydrogen (secondary N) is 1. The van der Waals surface area contributed by atoms with Gasteiger partial charge in [0.2, 0.25) is 0 Å². The Morgan fingerprint density at radius 1 is 1.17 bits per heavy atom. The van der Waals surface area contributed by atoms with Crippen molar-refractivity contribution in [2.75, 3.05) is 29.0 Å². The minimum Gasteiger partial charge on any atom is -0.396 e. The largest absolute Gasteiger partial charge is 0.418 e. The van der Waals surface area contributed by atoms with Crippen LogP contribution in [0.2, 0.25) is 0 Å². The quantitative estimate of drug-likeness (QED) is 0.475. The molecule has 1 amide bonds. The number of carbonyl (C=O) groups is 1. The summed E-state index contributed by atoms with van der Waals surface area (Å²) < 4.78 is 68.5. The van der Waals surface area contributed by atoms with E-state index in [1.54, 1.807) is 0 Å². The molecular formula is C22H19F5N6O2. The Balaban J connectivity index is 1.64. The maximum atomic E-state index is 14.2. The third kappa shape index (κ3) is 4.71. The second-order valence-electron chi connectivity index (χ2n) is 8.00. The lowest BCUT2D eigenvalue weighted by atomic mass is 9.92. The maximum absolute atomic E-state index is 14.2. The van der Waals surface area contributed by atoms with Crippen LogP contribution >= 0.6 is 0 Å². The number of carbonyl (C=O) groups excluding carboxylic acids is 1. The number of hydrogen-bond acceptors (Lipinski definition) is 7. The van der Waals surface area contributed by atoms with E-state index >= 15 is 0 Å². The summed E-state index contributed by atoms with van der Waals surface area (Å²) in [5, 5.41) is 12.6. The van der Waals surface area contributed by atoms with Crippen LogP contribution in [0.15, 0.2) is 42.9 Å². The topological polar surface area (TPSA) is 117 Å². The number of aromatic nitrogens is 3. The normalized spacial score (nSPS) is 18.4. The molecule has 4 rings (SSSR count). The third-order valence-electron chi connectivity index (χ3n) is 5.60. The van der Waals surface area contributed by atoms with E-state index < -0.39 is 59.4 Å². The Morgan fingerprint density at radius 2 is 1.89 bits per heavy atom. The summed E-state index contributed by atoms with van der Waals surface area (Å²) in [7, 11) is 0. The molecule has 1 saturated heterocycles. The van der Waals surface area contributed by atoms with Gasteiger partial charge in [-0.25, -0.2) is 18.7 Å². The predicted molar refractivity (Wildman–Crippen MR) is 116 cm³/mol. The summed E-state index contributed by atoms with van der Waals surface area (Å²) >= 11 is 0. The molecule has 35 heavy (non-hydrogen) atoms. The van der Waals surface area contributed by atoms with E-state index in [0.29, 0.717) is 0 Å². The van der Waals surface area contributed by atoms with Gasteiger partial charge in [0.25, 0.3) is 5.91 Å². The highest BCUT2D eigenvalue weighted by molar-refractivity contribution is 6.07. The van der Waals surface area contributed by atoms with Crippen LogP contribution in [0.3, 0.4) is 0 Å². The van der Waals surface area contributed by atoms with Crippen molar-refractivity contribution in [2.24, 2.45) is 0 Å². The Morgan fingerprint density at radius 3 is 2.57 bits per heavy atom. The van der Waals surface area contributed by atoms with Crippen molar-refractivity contribution in [3.05, 3.63) is 60.2 Å². The minimum absolute atomic E-state index is 0.0283. The molecule has 0 radical (unpaired) electrons. The lowest BCUT2D eigenvalue weighted by molar-refractivity contribution is -0.261. The SMILES string of the molecule is Nc1cnc(-c2c(F)cccc2F)nc1C(=O)Nc1cnccc1N1CCCC(O)(C(F)(F)F)C1. The van der Waals surface area contributed by atoms with Crippen LogP contribution in [0.4, 0.5) is 39.0 Å². The number of piperidine rings is 1. The zero-order chi connectivity index (χ0) is 25.4. The van der Waals surface area contributed by atoms with Gasteiger partial charge in [-0.15, -0.1) is 0 Å². The van der Waals surface area contributed by atoms with Crippen molar-refractivity contribution in [3.8, 4) is 11.4 Å². The molecule has 1 fully saturated rings. The van der Waals surface area contributed by atoms with Crippen molar-refractivity contribution >= 4 is 23.0 Å².